The zero-order valence-electron chi connectivity index (χ0n) is 13.5. The maximum atomic E-state index is 12.5. The summed E-state index contributed by atoms with van der Waals surface area (Å²) in [5.74, 6) is 0.0752. The Kier molecular flexibility index (Phi) is 5.84. The highest BCUT2D eigenvalue weighted by molar-refractivity contribution is 6.04. The molecule has 3 rings (SSSR count). The predicted molar refractivity (Wildman–Crippen MR) is 95.4 cm³/mol. The van der Waals surface area contributed by atoms with E-state index >= 15 is 0 Å². The number of rotatable bonds is 4. The van der Waals surface area contributed by atoms with Crippen LogP contribution in [-0.2, 0) is 13.0 Å². The van der Waals surface area contributed by atoms with Crippen LogP contribution in [0.25, 0.3) is 0 Å². The quantitative estimate of drug-likeness (QED) is 0.554. The van der Waals surface area contributed by atoms with Gasteiger partial charge < -0.3 is 26.4 Å². The van der Waals surface area contributed by atoms with Gasteiger partial charge >= 0.3 is 6.03 Å². The molecule has 1 aliphatic heterocycles. The maximum Gasteiger partial charge on any atom is 0.316 e. The van der Waals surface area contributed by atoms with Crippen molar-refractivity contribution in [2.45, 2.75) is 13.0 Å². The highest BCUT2D eigenvalue weighted by atomic mass is 35.5. The molecule has 0 unspecified atom stereocenters. The number of nitrogens with one attached hydrogen (secondary N) is 4. The molecule has 9 nitrogen and oxygen atoms in total. The molecule has 0 spiro atoms. The average Bonchev–Trinajstić information content (AvgIpc) is 3.00. The second-order valence-electron chi connectivity index (χ2n) is 5.31. The molecule has 0 aliphatic carbocycles. The van der Waals surface area contributed by atoms with Gasteiger partial charge in [0.05, 0.1) is 12.8 Å². The van der Waals surface area contributed by atoms with Crippen molar-refractivity contribution in [1.82, 2.24) is 15.5 Å². The number of anilines is 2. The number of aromatic amines is 1. The van der Waals surface area contributed by atoms with Crippen molar-refractivity contribution < 1.29 is 14.3 Å². The summed E-state index contributed by atoms with van der Waals surface area (Å²) in [4.78, 5) is 23.4. The minimum atomic E-state index is -0.694. The SMILES string of the molecule is COc1cc(NC(=O)c2n[nH]c3c2CNCC3)ccc1NC(N)=O.Cl. The van der Waals surface area contributed by atoms with Gasteiger partial charge in [0.15, 0.2) is 5.69 Å². The number of H-pyrrole nitrogens is 1. The number of aromatic nitrogens is 2. The first-order valence-electron chi connectivity index (χ1n) is 7.41. The molecule has 10 heteroatoms. The number of carbonyl (C=O) groups is 2. The fraction of sp³-hybridized carbons (Fsp3) is 0.267. The number of ether oxygens (including phenoxy) is 1. The minimum Gasteiger partial charge on any atom is -0.494 e. The lowest BCUT2D eigenvalue weighted by Gasteiger charge is -2.13. The Morgan fingerprint density at radius 1 is 1.32 bits per heavy atom. The van der Waals surface area contributed by atoms with Gasteiger partial charge in [0.25, 0.3) is 5.91 Å². The summed E-state index contributed by atoms with van der Waals surface area (Å²) in [6.45, 7) is 1.47. The molecule has 1 aromatic carbocycles. The lowest BCUT2D eigenvalue weighted by Crippen LogP contribution is -2.25. The van der Waals surface area contributed by atoms with Gasteiger partial charge in [-0.15, -0.1) is 12.4 Å². The van der Waals surface area contributed by atoms with Crippen LogP contribution in [0.4, 0.5) is 16.2 Å². The number of nitrogens with two attached hydrogens (primary N) is 1. The Bertz CT molecular complexity index is 792. The number of hydrogen-bond acceptors (Lipinski definition) is 5. The molecule has 0 fully saturated rings. The summed E-state index contributed by atoms with van der Waals surface area (Å²) in [6, 6.07) is 4.14. The molecule has 0 saturated heterocycles. The van der Waals surface area contributed by atoms with Gasteiger partial charge in [-0.2, -0.15) is 5.10 Å². The fourth-order valence-corrected chi connectivity index (χ4v) is 2.61. The van der Waals surface area contributed by atoms with Gasteiger partial charge in [-0.05, 0) is 12.1 Å². The first-order chi connectivity index (χ1) is 11.6. The molecule has 2 aromatic rings. The van der Waals surface area contributed by atoms with E-state index in [-0.39, 0.29) is 18.3 Å². The largest absolute Gasteiger partial charge is 0.494 e. The van der Waals surface area contributed by atoms with Gasteiger partial charge in [0.2, 0.25) is 0 Å². The highest BCUT2D eigenvalue weighted by Crippen LogP contribution is 2.28. The standard InChI is InChI=1S/C15H18N6O3.ClH/c1-24-12-6-8(2-3-11(12)19-15(16)23)18-14(22)13-9-7-17-5-4-10(9)20-21-13;/h2-3,6,17H,4-5,7H2,1H3,(H,18,22)(H,20,21)(H3,16,19,23);1H. The van der Waals surface area contributed by atoms with E-state index in [0.717, 1.165) is 24.2 Å². The van der Waals surface area contributed by atoms with Crippen molar-refractivity contribution in [3.63, 3.8) is 0 Å². The summed E-state index contributed by atoms with van der Waals surface area (Å²) >= 11 is 0. The topological polar surface area (TPSA) is 134 Å². The van der Waals surface area contributed by atoms with Gasteiger partial charge in [0, 0.05) is 42.5 Å². The molecule has 25 heavy (non-hydrogen) atoms. The van der Waals surface area contributed by atoms with Crippen LogP contribution in [-0.4, -0.2) is 35.8 Å². The number of urea groups is 1. The molecular weight excluding hydrogens is 348 g/mol. The van der Waals surface area contributed by atoms with Crippen LogP contribution in [0.5, 0.6) is 5.75 Å². The van der Waals surface area contributed by atoms with Crippen molar-refractivity contribution in [1.29, 1.82) is 0 Å². The lowest BCUT2D eigenvalue weighted by atomic mass is 10.1. The maximum absolute atomic E-state index is 12.5. The summed E-state index contributed by atoms with van der Waals surface area (Å²) in [6.07, 6.45) is 0.816. The van der Waals surface area contributed by atoms with E-state index < -0.39 is 6.03 Å². The van der Waals surface area contributed by atoms with Crippen molar-refractivity contribution in [3.05, 3.63) is 35.2 Å². The minimum absolute atomic E-state index is 0. The van der Waals surface area contributed by atoms with Crippen LogP contribution >= 0.6 is 12.4 Å². The van der Waals surface area contributed by atoms with E-state index in [4.69, 9.17) is 10.5 Å². The zero-order chi connectivity index (χ0) is 17.1. The molecule has 2 heterocycles. The van der Waals surface area contributed by atoms with Crippen molar-refractivity contribution in [3.8, 4) is 5.75 Å². The van der Waals surface area contributed by atoms with Crippen LogP contribution < -0.4 is 26.4 Å². The molecule has 1 aromatic heterocycles. The average molecular weight is 367 g/mol. The van der Waals surface area contributed by atoms with Gasteiger partial charge in [0.1, 0.15) is 5.75 Å². The molecule has 1 aliphatic rings. The van der Waals surface area contributed by atoms with Crippen molar-refractivity contribution >= 4 is 35.7 Å². The number of hydrogen-bond donors (Lipinski definition) is 5. The fourth-order valence-electron chi connectivity index (χ4n) is 2.61. The highest BCUT2D eigenvalue weighted by Gasteiger charge is 2.21. The smallest absolute Gasteiger partial charge is 0.316 e. The van der Waals surface area contributed by atoms with E-state index in [1.165, 1.54) is 7.11 Å². The normalized spacial score (nSPS) is 12.5. The monoisotopic (exact) mass is 366 g/mol. The van der Waals surface area contributed by atoms with Crippen LogP contribution in [0.2, 0.25) is 0 Å². The van der Waals surface area contributed by atoms with Crippen molar-refractivity contribution in [2.75, 3.05) is 24.3 Å². The van der Waals surface area contributed by atoms with E-state index in [9.17, 15) is 9.59 Å². The summed E-state index contributed by atoms with van der Waals surface area (Å²) < 4.78 is 5.20. The third-order valence-corrected chi connectivity index (χ3v) is 3.74. The number of primary amides is 1. The Balaban J connectivity index is 0.00000225. The molecule has 0 atom stereocenters. The third kappa shape index (κ3) is 4.01. The number of fused-ring (bicyclic) bond motifs is 1. The second-order valence-corrected chi connectivity index (χ2v) is 5.31. The van der Waals surface area contributed by atoms with E-state index in [1.54, 1.807) is 18.2 Å². The van der Waals surface area contributed by atoms with Crippen LogP contribution in [0.15, 0.2) is 18.2 Å². The molecular formula is C15H19ClN6O3. The first kappa shape index (κ1) is 18.6. The molecule has 134 valence electrons. The number of halogens is 1. The Labute approximate surface area is 150 Å². The van der Waals surface area contributed by atoms with E-state index in [2.05, 4.69) is 26.1 Å². The summed E-state index contributed by atoms with van der Waals surface area (Å²) in [5, 5.41) is 15.5. The Morgan fingerprint density at radius 2 is 2.12 bits per heavy atom. The number of methoxy groups -OCH3 is 1. The summed E-state index contributed by atoms with van der Waals surface area (Å²) in [7, 11) is 1.46. The Morgan fingerprint density at radius 3 is 2.84 bits per heavy atom. The molecule has 0 radical (unpaired) electrons. The third-order valence-electron chi connectivity index (χ3n) is 3.74. The Hall–Kier alpha value is -2.78. The van der Waals surface area contributed by atoms with Gasteiger partial charge in [-0.3, -0.25) is 9.89 Å². The number of amides is 3. The molecule has 3 amide bonds. The van der Waals surface area contributed by atoms with Crippen LogP contribution in [0.3, 0.4) is 0 Å². The number of nitrogens with zero attached hydrogens (tertiary/aromatic N) is 1. The molecule has 0 saturated carbocycles. The number of carbonyl (C=O) groups excluding carboxylic acids is 2. The molecule has 6 N–H and O–H groups in total. The van der Waals surface area contributed by atoms with Crippen LogP contribution in [0.1, 0.15) is 21.7 Å². The van der Waals surface area contributed by atoms with Gasteiger partial charge in [-0.25, -0.2) is 4.79 Å². The van der Waals surface area contributed by atoms with Crippen molar-refractivity contribution in [2.24, 2.45) is 5.73 Å². The first-order valence-corrected chi connectivity index (χ1v) is 7.41. The zero-order valence-corrected chi connectivity index (χ0v) is 14.3. The van der Waals surface area contributed by atoms with E-state index in [0.29, 0.717) is 29.4 Å². The van der Waals surface area contributed by atoms with Gasteiger partial charge in [-0.1, -0.05) is 0 Å². The molecule has 0 bridgehead atoms. The lowest BCUT2D eigenvalue weighted by molar-refractivity contribution is 0.102. The number of benzene rings is 1. The van der Waals surface area contributed by atoms with E-state index in [1.807, 2.05) is 0 Å². The second kappa shape index (κ2) is 7.86. The summed E-state index contributed by atoms with van der Waals surface area (Å²) in [5.41, 5.74) is 8.29. The predicted octanol–water partition coefficient (Wildman–Crippen LogP) is 1.23. The van der Waals surface area contributed by atoms with Crippen LogP contribution in [0, 0.1) is 0 Å².